The highest BCUT2D eigenvalue weighted by Gasteiger charge is 2.11. The Kier molecular flexibility index (Phi) is 4.75. The molecule has 0 saturated heterocycles. The first kappa shape index (κ1) is 13.0. The maximum Gasteiger partial charge on any atom is 0.00416 e. The summed E-state index contributed by atoms with van der Waals surface area (Å²) >= 11 is 0. The molecule has 1 rings (SSSR count). The molecule has 1 atom stereocenters. The van der Waals surface area contributed by atoms with Gasteiger partial charge in [-0.1, -0.05) is 42.8 Å². The fourth-order valence-electron chi connectivity index (χ4n) is 2.21. The van der Waals surface area contributed by atoms with Gasteiger partial charge in [0.1, 0.15) is 0 Å². The molecule has 0 radical (unpaired) electrons. The van der Waals surface area contributed by atoms with Crippen molar-refractivity contribution in [2.75, 3.05) is 20.6 Å². The molecule has 0 aliphatic carbocycles. The SMILES string of the molecule is C/C=C(\c1cccc(C)c1)[C@@H](C)CN(C)C. The minimum atomic E-state index is 0.571. The molecule has 1 heteroatoms. The molecule has 0 aliphatic rings. The number of hydrogen-bond acceptors (Lipinski definition) is 1. The molecule has 88 valence electrons. The Morgan fingerprint density at radius 3 is 2.56 bits per heavy atom. The van der Waals surface area contributed by atoms with Gasteiger partial charge in [-0.2, -0.15) is 0 Å². The van der Waals surface area contributed by atoms with Gasteiger partial charge in [-0.25, -0.2) is 0 Å². The van der Waals surface area contributed by atoms with Crippen molar-refractivity contribution in [3.05, 3.63) is 41.5 Å². The molecule has 0 fully saturated rings. The van der Waals surface area contributed by atoms with E-state index < -0.39 is 0 Å². The van der Waals surface area contributed by atoms with Gasteiger partial charge in [-0.3, -0.25) is 0 Å². The molecule has 16 heavy (non-hydrogen) atoms. The fraction of sp³-hybridized carbons (Fsp3) is 0.467. The third-order valence-corrected chi connectivity index (χ3v) is 2.83. The highest BCUT2D eigenvalue weighted by atomic mass is 15.1. The first-order chi connectivity index (χ1) is 7.54. The van der Waals surface area contributed by atoms with Gasteiger partial charge in [0, 0.05) is 6.54 Å². The van der Waals surface area contributed by atoms with Gasteiger partial charge in [0.15, 0.2) is 0 Å². The van der Waals surface area contributed by atoms with Gasteiger partial charge in [0.25, 0.3) is 0 Å². The number of hydrogen-bond donors (Lipinski definition) is 0. The van der Waals surface area contributed by atoms with E-state index >= 15 is 0 Å². The van der Waals surface area contributed by atoms with Crippen LogP contribution < -0.4 is 0 Å². The second-order valence-corrected chi connectivity index (χ2v) is 4.78. The maximum absolute atomic E-state index is 2.29. The van der Waals surface area contributed by atoms with E-state index in [1.165, 1.54) is 16.7 Å². The summed E-state index contributed by atoms with van der Waals surface area (Å²) < 4.78 is 0. The summed E-state index contributed by atoms with van der Waals surface area (Å²) in [6, 6.07) is 8.75. The third-order valence-electron chi connectivity index (χ3n) is 2.83. The van der Waals surface area contributed by atoms with Crippen molar-refractivity contribution in [1.29, 1.82) is 0 Å². The minimum absolute atomic E-state index is 0.571. The van der Waals surface area contributed by atoms with Crippen LogP contribution in [0.25, 0.3) is 5.57 Å². The lowest BCUT2D eigenvalue weighted by Crippen LogP contribution is -2.20. The lowest BCUT2D eigenvalue weighted by atomic mass is 9.92. The molecule has 0 heterocycles. The minimum Gasteiger partial charge on any atom is -0.309 e. The van der Waals surface area contributed by atoms with Crippen molar-refractivity contribution in [3.63, 3.8) is 0 Å². The van der Waals surface area contributed by atoms with Crippen LogP contribution >= 0.6 is 0 Å². The summed E-state index contributed by atoms with van der Waals surface area (Å²) in [4.78, 5) is 2.24. The summed E-state index contributed by atoms with van der Waals surface area (Å²) in [5.74, 6) is 0.571. The lowest BCUT2D eigenvalue weighted by Gasteiger charge is -2.20. The van der Waals surface area contributed by atoms with E-state index in [9.17, 15) is 0 Å². The van der Waals surface area contributed by atoms with Crippen molar-refractivity contribution in [2.24, 2.45) is 5.92 Å². The van der Waals surface area contributed by atoms with Gasteiger partial charge in [-0.15, -0.1) is 0 Å². The maximum atomic E-state index is 2.29. The Morgan fingerprint density at radius 1 is 1.38 bits per heavy atom. The number of aryl methyl sites for hydroxylation is 1. The lowest BCUT2D eigenvalue weighted by molar-refractivity contribution is 0.376. The van der Waals surface area contributed by atoms with Crippen molar-refractivity contribution < 1.29 is 0 Å². The molecule has 0 saturated carbocycles. The molecule has 0 unspecified atom stereocenters. The molecule has 0 aliphatic heterocycles. The van der Waals surface area contributed by atoms with Gasteiger partial charge in [0.2, 0.25) is 0 Å². The number of allylic oxidation sites excluding steroid dienone is 1. The Bertz CT molecular complexity index is 363. The van der Waals surface area contributed by atoms with Crippen LogP contribution in [-0.2, 0) is 0 Å². The summed E-state index contributed by atoms with van der Waals surface area (Å²) in [5, 5.41) is 0. The molecule has 0 aromatic heterocycles. The zero-order chi connectivity index (χ0) is 12.1. The number of nitrogens with zero attached hydrogens (tertiary/aromatic N) is 1. The summed E-state index contributed by atoms with van der Waals surface area (Å²) in [6.07, 6.45) is 2.24. The van der Waals surface area contributed by atoms with Crippen LogP contribution in [0.5, 0.6) is 0 Å². The Hall–Kier alpha value is -1.08. The molecule has 1 aromatic rings. The zero-order valence-electron chi connectivity index (χ0n) is 11.1. The van der Waals surface area contributed by atoms with Gasteiger partial charge < -0.3 is 4.90 Å². The van der Waals surface area contributed by atoms with Crippen LogP contribution in [0.2, 0.25) is 0 Å². The van der Waals surface area contributed by atoms with Crippen LogP contribution in [0.4, 0.5) is 0 Å². The second kappa shape index (κ2) is 5.86. The molecule has 0 spiro atoms. The van der Waals surface area contributed by atoms with E-state index in [4.69, 9.17) is 0 Å². The van der Waals surface area contributed by atoms with E-state index in [2.05, 4.69) is 70.1 Å². The average molecular weight is 217 g/mol. The van der Waals surface area contributed by atoms with Crippen molar-refractivity contribution in [1.82, 2.24) is 4.90 Å². The first-order valence-corrected chi connectivity index (χ1v) is 5.92. The van der Waals surface area contributed by atoms with Gasteiger partial charge >= 0.3 is 0 Å². The average Bonchev–Trinajstić information content (AvgIpc) is 2.17. The molecule has 0 N–H and O–H groups in total. The van der Waals surface area contributed by atoms with E-state index in [0.29, 0.717) is 5.92 Å². The molecular weight excluding hydrogens is 194 g/mol. The zero-order valence-corrected chi connectivity index (χ0v) is 11.1. The summed E-state index contributed by atoms with van der Waals surface area (Å²) in [5.41, 5.74) is 4.13. The number of rotatable bonds is 4. The quantitative estimate of drug-likeness (QED) is 0.745. The van der Waals surface area contributed by atoms with Crippen LogP contribution in [0.15, 0.2) is 30.3 Å². The predicted octanol–water partition coefficient (Wildman–Crippen LogP) is 3.60. The Labute approximate surface area is 99.8 Å². The Balaban J connectivity index is 2.91. The highest BCUT2D eigenvalue weighted by molar-refractivity contribution is 5.67. The summed E-state index contributed by atoms with van der Waals surface area (Å²) in [6.45, 7) is 7.66. The van der Waals surface area contributed by atoms with E-state index in [-0.39, 0.29) is 0 Å². The van der Waals surface area contributed by atoms with E-state index in [0.717, 1.165) is 6.54 Å². The van der Waals surface area contributed by atoms with E-state index in [1.807, 2.05) is 0 Å². The smallest absolute Gasteiger partial charge is 0.00416 e. The van der Waals surface area contributed by atoms with Crippen LogP contribution in [0.1, 0.15) is 25.0 Å². The normalized spacial score (nSPS) is 14.2. The van der Waals surface area contributed by atoms with Gasteiger partial charge in [0.05, 0.1) is 0 Å². The highest BCUT2D eigenvalue weighted by Crippen LogP contribution is 2.24. The fourth-order valence-corrected chi connectivity index (χ4v) is 2.21. The van der Waals surface area contributed by atoms with Crippen LogP contribution in [0, 0.1) is 12.8 Å². The second-order valence-electron chi connectivity index (χ2n) is 4.78. The Morgan fingerprint density at radius 2 is 2.06 bits per heavy atom. The van der Waals surface area contributed by atoms with E-state index in [1.54, 1.807) is 0 Å². The molecule has 1 aromatic carbocycles. The third kappa shape index (κ3) is 3.49. The molecule has 1 nitrogen and oxygen atoms in total. The molecular formula is C15H23N. The van der Waals surface area contributed by atoms with Gasteiger partial charge in [-0.05, 0) is 45.0 Å². The van der Waals surface area contributed by atoms with Crippen LogP contribution in [0.3, 0.4) is 0 Å². The molecule has 0 bridgehead atoms. The first-order valence-electron chi connectivity index (χ1n) is 5.92. The van der Waals surface area contributed by atoms with Crippen molar-refractivity contribution in [2.45, 2.75) is 20.8 Å². The van der Waals surface area contributed by atoms with Crippen molar-refractivity contribution in [3.8, 4) is 0 Å². The number of benzene rings is 1. The predicted molar refractivity (Wildman–Crippen MR) is 72.5 cm³/mol. The monoisotopic (exact) mass is 217 g/mol. The summed E-state index contributed by atoms with van der Waals surface area (Å²) in [7, 11) is 4.25. The largest absolute Gasteiger partial charge is 0.309 e. The topological polar surface area (TPSA) is 3.24 Å². The van der Waals surface area contributed by atoms with Crippen molar-refractivity contribution >= 4 is 5.57 Å². The van der Waals surface area contributed by atoms with Crippen LogP contribution in [-0.4, -0.2) is 25.5 Å². The standard InChI is InChI=1S/C15H23N/c1-6-15(13(3)11-16(4)5)14-9-7-8-12(2)10-14/h6-10,13H,11H2,1-5H3/b15-6-/t13-/m0/s1. The molecule has 0 amide bonds.